The Balaban J connectivity index is 2.23. The number of amides is 1. The molecular weight excluding hydrogens is 350 g/mol. The standard InChI is InChI=1S/C20H23NO6/c1-21-10-13-12(6-7-14(24-2)18(13)22)17(20(21)23)11-8-15(25-3)19(27-5)16(9-11)26-4/h6-9,17,22H,10H2,1-5H3. The zero-order chi connectivity index (χ0) is 19.7. The van der Waals surface area contributed by atoms with Crippen molar-refractivity contribution in [3.8, 4) is 28.7 Å². The predicted octanol–water partition coefficient (Wildman–Crippen LogP) is 2.53. The van der Waals surface area contributed by atoms with Crippen molar-refractivity contribution in [1.82, 2.24) is 4.90 Å². The van der Waals surface area contributed by atoms with Gasteiger partial charge in [-0.05, 0) is 29.3 Å². The van der Waals surface area contributed by atoms with E-state index in [1.54, 1.807) is 30.1 Å². The Bertz CT molecular complexity index is 854. The molecule has 1 N–H and O–H groups in total. The summed E-state index contributed by atoms with van der Waals surface area (Å²) in [6, 6.07) is 6.99. The maximum atomic E-state index is 13.0. The summed E-state index contributed by atoms with van der Waals surface area (Å²) in [5.74, 6) is 1.12. The summed E-state index contributed by atoms with van der Waals surface area (Å²) in [7, 11) is 7.78. The molecule has 1 heterocycles. The van der Waals surface area contributed by atoms with E-state index in [1.807, 2.05) is 6.07 Å². The van der Waals surface area contributed by atoms with Gasteiger partial charge in [0, 0.05) is 19.2 Å². The Labute approximate surface area is 158 Å². The molecule has 0 saturated heterocycles. The highest BCUT2D eigenvalue weighted by Crippen LogP contribution is 2.46. The third-order valence-electron chi connectivity index (χ3n) is 4.85. The van der Waals surface area contributed by atoms with Gasteiger partial charge in [-0.25, -0.2) is 0 Å². The minimum Gasteiger partial charge on any atom is -0.504 e. The summed E-state index contributed by atoms with van der Waals surface area (Å²) >= 11 is 0. The number of benzene rings is 2. The number of rotatable bonds is 5. The highest BCUT2D eigenvalue weighted by Gasteiger charge is 2.36. The lowest BCUT2D eigenvalue weighted by molar-refractivity contribution is -0.131. The number of carbonyl (C=O) groups is 1. The van der Waals surface area contributed by atoms with Crippen LogP contribution in [0.2, 0.25) is 0 Å². The normalized spacial score (nSPS) is 16.0. The molecule has 7 heteroatoms. The molecule has 7 nitrogen and oxygen atoms in total. The molecule has 2 aromatic rings. The summed E-state index contributed by atoms with van der Waals surface area (Å²) in [6.45, 7) is 0.304. The van der Waals surface area contributed by atoms with E-state index in [0.29, 0.717) is 40.7 Å². The number of nitrogens with zero attached hydrogens (tertiary/aromatic N) is 1. The van der Waals surface area contributed by atoms with Crippen LogP contribution in [-0.4, -0.2) is 51.4 Å². The van der Waals surface area contributed by atoms with Crippen molar-refractivity contribution in [3.05, 3.63) is 41.0 Å². The van der Waals surface area contributed by atoms with Gasteiger partial charge in [-0.1, -0.05) is 6.07 Å². The Hall–Kier alpha value is -3.09. The first kappa shape index (κ1) is 18.7. The van der Waals surface area contributed by atoms with E-state index >= 15 is 0 Å². The van der Waals surface area contributed by atoms with Gasteiger partial charge in [0.1, 0.15) is 0 Å². The predicted molar refractivity (Wildman–Crippen MR) is 99.1 cm³/mol. The highest BCUT2D eigenvalue weighted by molar-refractivity contribution is 5.90. The van der Waals surface area contributed by atoms with E-state index in [1.165, 1.54) is 28.4 Å². The zero-order valence-corrected chi connectivity index (χ0v) is 16.0. The number of fused-ring (bicyclic) bond motifs is 1. The average molecular weight is 373 g/mol. The van der Waals surface area contributed by atoms with Crippen LogP contribution in [0.1, 0.15) is 22.6 Å². The van der Waals surface area contributed by atoms with Gasteiger partial charge in [0.2, 0.25) is 11.7 Å². The van der Waals surface area contributed by atoms with E-state index in [9.17, 15) is 9.90 Å². The topological polar surface area (TPSA) is 77.5 Å². The number of ether oxygens (including phenoxy) is 4. The van der Waals surface area contributed by atoms with Crippen LogP contribution in [0.5, 0.6) is 28.7 Å². The van der Waals surface area contributed by atoms with E-state index in [2.05, 4.69) is 0 Å². The quantitative estimate of drug-likeness (QED) is 0.868. The summed E-state index contributed by atoms with van der Waals surface area (Å²) < 4.78 is 21.4. The molecule has 0 saturated carbocycles. The van der Waals surface area contributed by atoms with Crippen molar-refractivity contribution in [3.63, 3.8) is 0 Å². The van der Waals surface area contributed by atoms with Crippen molar-refractivity contribution in [2.75, 3.05) is 35.5 Å². The smallest absolute Gasteiger partial charge is 0.234 e. The minimum atomic E-state index is -0.607. The molecule has 1 amide bonds. The zero-order valence-electron chi connectivity index (χ0n) is 16.0. The number of phenolic OH excluding ortho intramolecular Hbond substituents is 1. The maximum absolute atomic E-state index is 13.0. The monoisotopic (exact) mass is 373 g/mol. The van der Waals surface area contributed by atoms with E-state index in [4.69, 9.17) is 18.9 Å². The fourth-order valence-electron chi connectivity index (χ4n) is 3.49. The molecule has 0 radical (unpaired) electrons. The van der Waals surface area contributed by atoms with Crippen molar-refractivity contribution in [1.29, 1.82) is 0 Å². The van der Waals surface area contributed by atoms with Gasteiger partial charge in [-0.2, -0.15) is 0 Å². The molecule has 0 fully saturated rings. The molecule has 144 valence electrons. The highest BCUT2D eigenvalue weighted by atomic mass is 16.5. The first-order valence-electron chi connectivity index (χ1n) is 8.40. The Kier molecular flexibility index (Phi) is 5.03. The third-order valence-corrected chi connectivity index (χ3v) is 4.85. The maximum Gasteiger partial charge on any atom is 0.234 e. The second-order valence-electron chi connectivity index (χ2n) is 6.27. The van der Waals surface area contributed by atoms with Crippen LogP contribution in [-0.2, 0) is 11.3 Å². The SMILES string of the molecule is COc1ccc2c(c1O)CN(C)C(=O)C2c1cc(OC)c(OC)c(OC)c1. The number of carbonyl (C=O) groups excluding carboxylic acids is 1. The molecule has 1 aliphatic rings. The summed E-state index contributed by atoms with van der Waals surface area (Å²) in [6.07, 6.45) is 0. The molecule has 0 aliphatic carbocycles. The fraction of sp³-hybridized carbons (Fsp3) is 0.350. The molecule has 1 atom stereocenters. The van der Waals surface area contributed by atoms with Gasteiger partial charge < -0.3 is 29.0 Å². The van der Waals surface area contributed by atoms with Crippen LogP contribution >= 0.6 is 0 Å². The van der Waals surface area contributed by atoms with E-state index in [0.717, 1.165) is 5.56 Å². The van der Waals surface area contributed by atoms with Gasteiger partial charge in [0.15, 0.2) is 23.0 Å². The second kappa shape index (κ2) is 7.26. The molecular formula is C20H23NO6. The van der Waals surface area contributed by atoms with Crippen LogP contribution in [0, 0.1) is 0 Å². The van der Waals surface area contributed by atoms with Gasteiger partial charge in [0.25, 0.3) is 0 Å². The Morgan fingerprint density at radius 3 is 2.07 bits per heavy atom. The molecule has 0 bridgehead atoms. The van der Waals surface area contributed by atoms with E-state index < -0.39 is 5.92 Å². The third kappa shape index (κ3) is 2.99. The Morgan fingerprint density at radius 2 is 1.56 bits per heavy atom. The van der Waals surface area contributed by atoms with Crippen LogP contribution in [0.15, 0.2) is 24.3 Å². The van der Waals surface area contributed by atoms with Crippen molar-refractivity contribution >= 4 is 5.91 Å². The lowest BCUT2D eigenvalue weighted by Crippen LogP contribution is -2.37. The van der Waals surface area contributed by atoms with Crippen LogP contribution < -0.4 is 18.9 Å². The molecule has 27 heavy (non-hydrogen) atoms. The van der Waals surface area contributed by atoms with Crippen molar-refractivity contribution in [2.24, 2.45) is 0 Å². The lowest BCUT2D eigenvalue weighted by atomic mass is 9.83. The van der Waals surface area contributed by atoms with Gasteiger partial charge >= 0.3 is 0 Å². The summed E-state index contributed by atoms with van der Waals surface area (Å²) in [4.78, 5) is 14.6. The van der Waals surface area contributed by atoms with Gasteiger partial charge in [0.05, 0.1) is 34.4 Å². The van der Waals surface area contributed by atoms with Gasteiger partial charge in [-0.3, -0.25) is 4.79 Å². The molecule has 3 rings (SSSR count). The summed E-state index contributed by atoms with van der Waals surface area (Å²) in [5, 5.41) is 10.6. The molecule has 0 spiro atoms. The first-order chi connectivity index (χ1) is 13.0. The second-order valence-corrected chi connectivity index (χ2v) is 6.27. The van der Waals surface area contributed by atoms with Crippen LogP contribution in [0.25, 0.3) is 0 Å². The number of hydrogen-bond donors (Lipinski definition) is 1. The number of phenols is 1. The number of methoxy groups -OCH3 is 4. The summed E-state index contributed by atoms with van der Waals surface area (Å²) in [5.41, 5.74) is 2.08. The van der Waals surface area contributed by atoms with E-state index in [-0.39, 0.29) is 11.7 Å². The average Bonchev–Trinajstić information content (AvgIpc) is 2.68. The number of hydrogen-bond acceptors (Lipinski definition) is 6. The van der Waals surface area contributed by atoms with Crippen LogP contribution in [0.4, 0.5) is 0 Å². The number of likely N-dealkylation sites (N-methyl/N-ethyl adjacent to an activating group) is 1. The minimum absolute atomic E-state index is 0.0480. The number of aromatic hydroxyl groups is 1. The fourth-order valence-corrected chi connectivity index (χ4v) is 3.49. The largest absolute Gasteiger partial charge is 0.504 e. The van der Waals surface area contributed by atoms with Crippen molar-refractivity contribution in [2.45, 2.75) is 12.5 Å². The molecule has 2 aromatic carbocycles. The molecule has 1 unspecified atom stereocenters. The van der Waals surface area contributed by atoms with Gasteiger partial charge in [-0.15, -0.1) is 0 Å². The molecule has 0 aromatic heterocycles. The first-order valence-corrected chi connectivity index (χ1v) is 8.40. The van der Waals surface area contributed by atoms with Crippen LogP contribution in [0.3, 0.4) is 0 Å². The van der Waals surface area contributed by atoms with Crippen molar-refractivity contribution < 1.29 is 28.8 Å². The molecule has 1 aliphatic heterocycles. The lowest BCUT2D eigenvalue weighted by Gasteiger charge is -2.33. The Morgan fingerprint density at radius 1 is 0.963 bits per heavy atom.